The van der Waals surface area contributed by atoms with Crippen molar-refractivity contribution in [2.24, 2.45) is 11.7 Å². The lowest BCUT2D eigenvalue weighted by Crippen LogP contribution is -2.40. The van der Waals surface area contributed by atoms with Crippen molar-refractivity contribution in [3.05, 3.63) is 66.0 Å². The number of primary amides is 1. The number of benzene rings is 2. The van der Waals surface area contributed by atoms with Gasteiger partial charge in [0.2, 0.25) is 11.8 Å². The number of rotatable bonds is 8. The van der Waals surface area contributed by atoms with Crippen LogP contribution in [0.2, 0.25) is 0 Å². The van der Waals surface area contributed by atoms with E-state index in [9.17, 15) is 9.59 Å². The van der Waals surface area contributed by atoms with Crippen LogP contribution in [0, 0.1) is 5.92 Å². The molecule has 3 aromatic rings. The summed E-state index contributed by atoms with van der Waals surface area (Å²) in [5.74, 6) is 0.560. The van der Waals surface area contributed by atoms with Gasteiger partial charge in [0, 0.05) is 5.39 Å². The lowest BCUT2D eigenvalue weighted by molar-refractivity contribution is -0.123. The maximum atomic E-state index is 13.0. The molecule has 2 amide bonds. The number of amides is 2. The molecule has 160 valence electrons. The standard InChI is InChI=1S/C24H27N5O2/c1-15(2)20(21(25)30)29-22-17-10-6-7-11-18(17)27-19(28-22)14-26-23(31)24(12-13-24)16-8-4-3-5-9-16/h3-11,15,20H,12-14H2,1-2H3,(H2,25,30)(H,26,31)(H,27,28,29)/t20-/m0/s1. The first kappa shape index (κ1) is 20.8. The van der Waals surface area contributed by atoms with E-state index in [1.165, 1.54) is 0 Å². The molecule has 1 atom stereocenters. The highest BCUT2D eigenvalue weighted by atomic mass is 16.2. The molecular weight excluding hydrogens is 390 g/mol. The smallest absolute Gasteiger partial charge is 0.240 e. The SMILES string of the molecule is CC(C)[C@H](Nc1nc(CNC(=O)C2(c3ccccc3)CC2)nc2ccccc12)C(N)=O. The Kier molecular flexibility index (Phi) is 5.59. The van der Waals surface area contributed by atoms with Gasteiger partial charge < -0.3 is 16.4 Å². The zero-order valence-electron chi connectivity index (χ0n) is 17.8. The van der Waals surface area contributed by atoms with Crippen LogP contribution < -0.4 is 16.4 Å². The summed E-state index contributed by atoms with van der Waals surface area (Å²) < 4.78 is 0. The van der Waals surface area contributed by atoms with E-state index in [0.29, 0.717) is 11.6 Å². The van der Waals surface area contributed by atoms with Gasteiger partial charge in [-0.15, -0.1) is 0 Å². The monoisotopic (exact) mass is 417 g/mol. The third-order valence-corrected chi connectivity index (χ3v) is 5.83. The molecule has 4 rings (SSSR count). The van der Waals surface area contributed by atoms with Crippen molar-refractivity contribution in [3.63, 3.8) is 0 Å². The van der Waals surface area contributed by atoms with Crippen molar-refractivity contribution in [1.29, 1.82) is 0 Å². The molecule has 1 aliphatic rings. The molecule has 0 bridgehead atoms. The molecule has 7 heteroatoms. The highest BCUT2D eigenvalue weighted by Gasteiger charge is 2.51. The largest absolute Gasteiger partial charge is 0.368 e. The summed E-state index contributed by atoms with van der Waals surface area (Å²) in [7, 11) is 0. The van der Waals surface area contributed by atoms with Crippen LogP contribution in [0.1, 0.15) is 38.1 Å². The highest BCUT2D eigenvalue weighted by Crippen LogP contribution is 2.48. The zero-order valence-corrected chi connectivity index (χ0v) is 17.8. The number of fused-ring (bicyclic) bond motifs is 1. The Bertz CT molecular complexity index is 1110. The molecule has 0 unspecified atom stereocenters. The zero-order chi connectivity index (χ0) is 22.0. The summed E-state index contributed by atoms with van der Waals surface area (Å²) in [5.41, 5.74) is 6.90. The van der Waals surface area contributed by atoms with Gasteiger partial charge in [0.1, 0.15) is 11.9 Å². The van der Waals surface area contributed by atoms with Gasteiger partial charge in [-0.2, -0.15) is 0 Å². The number of carbonyl (C=O) groups excluding carboxylic acids is 2. The number of aromatic nitrogens is 2. The summed E-state index contributed by atoms with van der Waals surface area (Å²) in [6.45, 7) is 4.05. The molecule has 1 aliphatic carbocycles. The lowest BCUT2D eigenvalue weighted by Gasteiger charge is -2.21. The highest BCUT2D eigenvalue weighted by molar-refractivity contribution is 5.93. The molecule has 1 saturated carbocycles. The van der Waals surface area contributed by atoms with Crippen molar-refractivity contribution < 1.29 is 9.59 Å². The minimum atomic E-state index is -0.562. The van der Waals surface area contributed by atoms with E-state index >= 15 is 0 Å². The lowest BCUT2D eigenvalue weighted by atomic mass is 9.95. The number of nitrogens with one attached hydrogen (secondary N) is 2. The van der Waals surface area contributed by atoms with Gasteiger partial charge in [0.15, 0.2) is 5.82 Å². The molecule has 7 nitrogen and oxygen atoms in total. The third kappa shape index (κ3) is 4.21. The fourth-order valence-corrected chi connectivity index (χ4v) is 3.88. The van der Waals surface area contributed by atoms with Crippen molar-refractivity contribution in [1.82, 2.24) is 15.3 Å². The molecule has 2 aromatic carbocycles. The van der Waals surface area contributed by atoms with E-state index in [4.69, 9.17) is 5.73 Å². The van der Waals surface area contributed by atoms with Gasteiger partial charge in [-0.1, -0.05) is 56.3 Å². The van der Waals surface area contributed by atoms with Gasteiger partial charge in [-0.3, -0.25) is 9.59 Å². The van der Waals surface area contributed by atoms with Crippen molar-refractivity contribution in [3.8, 4) is 0 Å². The average molecular weight is 418 g/mol. The second-order valence-electron chi connectivity index (χ2n) is 8.40. The van der Waals surface area contributed by atoms with E-state index in [1.54, 1.807) is 0 Å². The summed E-state index contributed by atoms with van der Waals surface area (Å²) in [6.07, 6.45) is 1.67. The second kappa shape index (κ2) is 8.34. The molecule has 1 fully saturated rings. The van der Waals surface area contributed by atoms with E-state index in [-0.39, 0.29) is 18.4 Å². The Morgan fingerprint density at radius 1 is 1.03 bits per heavy atom. The molecule has 1 heterocycles. The first-order valence-corrected chi connectivity index (χ1v) is 10.6. The first-order valence-electron chi connectivity index (χ1n) is 10.6. The predicted octanol–water partition coefficient (Wildman–Crippen LogP) is 2.90. The topological polar surface area (TPSA) is 110 Å². The van der Waals surface area contributed by atoms with Gasteiger partial charge >= 0.3 is 0 Å². The van der Waals surface area contributed by atoms with Crippen LogP contribution in [0.3, 0.4) is 0 Å². The normalized spacial score (nSPS) is 15.5. The molecule has 0 aliphatic heterocycles. The van der Waals surface area contributed by atoms with Crippen LogP contribution in [0.25, 0.3) is 10.9 Å². The predicted molar refractivity (Wildman–Crippen MR) is 120 cm³/mol. The van der Waals surface area contributed by atoms with Gasteiger partial charge in [-0.25, -0.2) is 9.97 Å². The van der Waals surface area contributed by atoms with Crippen LogP contribution >= 0.6 is 0 Å². The quantitative estimate of drug-likeness (QED) is 0.522. The average Bonchev–Trinajstić information content (AvgIpc) is 3.58. The van der Waals surface area contributed by atoms with Crippen LogP contribution in [-0.4, -0.2) is 27.8 Å². The van der Waals surface area contributed by atoms with Crippen LogP contribution in [0.5, 0.6) is 0 Å². The summed E-state index contributed by atoms with van der Waals surface area (Å²) in [5, 5.41) is 6.99. The molecule has 4 N–H and O–H groups in total. The maximum Gasteiger partial charge on any atom is 0.240 e. The van der Waals surface area contributed by atoms with Crippen LogP contribution in [-0.2, 0) is 21.5 Å². The minimum absolute atomic E-state index is 0.00465. The Hall–Kier alpha value is -3.48. The molecule has 31 heavy (non-hydrogen) atoms. The van der Waals surface area contributed by atoms with Gasteiger partial charge in [0.25, 0.3) is 0 Å². The second-order valence-corrected chi connectivity index (χ2v) is 8.40. The number of hydrogen-bond donors (Lipinski definition) is 3. The first-order chi connectivity index (χ1) is 14.9. The van der Waals surface area contributed by atoms with Crippen LogP contribution in [0.4, 0.5) is 5.82 Å². The fraction of sp³-hybridized carbons (Fsp3) is 0.333. The molecule has 1 aromatic heterocycles. The number of nitrogens with zero attached hydrogens (tertiary/aromatic N) is 2. The van der Waals surface area contributed by atoms with E-state index in [1.807, 2.05) is 68.4 Å². The van der Waals surface area contributed by atoms with Crippen LogP contribution in [0.15, 0.2) is 54.6 Å². The molecule has 0 spiro atoms. The number of hydrogen-bond acceptors (Lipinski definition) is 5. The van der Waals surface area contributed by atoms with Crippen molar-refractivity contribution >= 4 is 28.5 Å². The Labute approximate surface area is 181 Å². The minimum Gasteiger partial charge on any atom is -0.368 e. The van der Waals surface area contributed by atoms with Crippen molar-refractivity contribution in [2.45, 2.75) is 44.7 Å². The number of para-hydroxylation sites is 1. The molecular formula is C24H27N5O2. The van der Waals surface area contributed by atoms with Crippen molar-refractivity contribution in [2.75, 3.05) is 5.32 Å². The van der Waals surface area contributed by atoms with E-state index in [0.717, 1.165) is 29.3 Å². The summed E-state index contributed by atoms with van der Waals surface area (Å²) in [6, 6.07) is 16.9. The Balaban J connectivity index is 1.57. The number of carbonyl (C=O) groups is 2. The van der Waals surface area contributed by atoms with Gasteiger partial charge in [0.05, 0.1) is 17.5 Å². The number of anilines is 1. The summed E-state index contributed by atoms with van der Waals surface area (Å²) in [4.78, 5) is 34.1. The third-order valence-electron chi connectivity index (χ3n) is 5.83. The fourth-order valence-electron chi connectivity index (χ4n) is 3.88. The maximum absolute atomic E-state index is 13.0. The summed E-state index contributed by atoms with van der Waals surface area (Å²) >= 11 is 0. The number of nitrogens with two attached hydrogens (primary N) is 1. The van der Waals surface area contributed by atoms with E-state index < -0.39 is 17.4 Å². The van der Waals surface area contributed by atoms with Gasteiger partial charge in [-0.05, 0) is 36.5 Å². The van der Waals surface area contributed by atoms with E-state index in [2.05, 4.69) is 20.6 Å². The Morgan fingerprint density at radius 2 is 1.71 bits per heavy atom. The Morgan fingerprint density at radius 3 is 2.35 bits per heavy atom. The molecule has 0 saturated heterocycles. The molecule has 0 radical (unpaired) electrons.